The molecular weight excluding hydrogens is 479 g/mol. The highest BCUT2D eigenvalue weighted by atomic mass is 32.2. The summed E-state index contributed by atoms with van der Waals surface area (Å²) in [6.07, 6.45) is 4.24. The van der Waals surface area contributed by atoms with Gasteiger partial charge in [0.15, 0.2) is 0 Å². The molecule has 1 spiro atoms. The number of hydrogen-bond donors (Lipinski definition) is 0. The minimum Gasteiger partial charge on any atom is -0.487 e. The molecule has 5 rings (SSSR count). The molecule has 3 aromatic rings. The first-order chi connectivity index (χ1) is 16.8. The number of imide groups is 1. The Bertz CT molecular complexity index is 1250. The zero-order valence-electron chi connectivity index (χ0n) is 18.4. The van der Waals surface area contributed by atoms with Crippen molar-refractivity contribution in [1.29, 1.82) is 0 Å². The summed E-state index contributed by atoms with van der Waals surface area (Å²) in [5, 5.41) is 0. The number of halogens is 3. The van der Waals surface area contributed by atoms with Gasteiger partial charge in [0.25, 0.3) is 5.91 Å². The van der Waals surface area contributed by atoms with E-state index >= 15 is 0 Å². The van der Waals surface area contributed by atoms with Crippen molar-refractivity contribution in [3.05, 3.63) is 84.2 Å². The second-order valence-corrected chi connectivity index (χ2v) is 9.48. The minimum atomic E-state index is -4.42. The van der Waals surface area contributed by atoms with E-state index in [0.717, 1.165) is 10.5 Å². The predicted molar refractivity (Wildman–Crippen MR) is 124 cm³/mol. The molecule has 1 saturated carbocycles. The number of aromatic nitrogens is 1. The van der Waals surface area contributed by atoms with Crippen molar-refractivity contribution in [3.8, 4) is 5.75 Å². The number of carbonyl (C=O) groups is 2. The van der Waals surface area contributed by atoms with Crippen LogP contribution in [0, 0.1) is 0 Å². The molecule has 1 saturated heterocycles. The van der Waals surface area contributed by atoms with Gasteiger partial charge in [0.05, 0.1) is 18.4 Å². The fourth-order valence-corrected chi connectivity index (χ4v) is 4.67. The molecule has 6 nitrogen and oxygen atoms in total. The second kappa shape index (κ2) is 8.92. The fraction of sp³-hybridized carbons (Fsp3) is 0.240. The standard InChI is InChI=1S/C25H20F3N3O3S/c26-25(27,28)35-20-8-6-19(7-9-20)31-22(32)24(11-12-24)30(23(31)33)15-18-10-13-29-14-21(18)34-16-17-4-2-1-3-5-17/h1-10,13-14H,11-12,15-16H2. The third-order valence-corrected chi connectivity index (χ3v) is 6.77. The first-order valence-electron chi connectivity index (χ1n) is 10.9. The molecule has 2 fully saturated rings. The molecule has 10 heteroatoms. The van der Waals surface area contributed by atoms with Crippen molar-refractivity contribution in [1.82, 2.24) is 9.88 Å². The zero-order chi connectivity index (χ0) is 24.6. The average molecular weight is 500 g/mol. The van der Waals surface area contributed by atoms with Gasteiger partial charge in [0.1, 0.15) is 17.9 Å². The molecule has 0 N–H and O–H groups in total. The number of anilines is 1. The van der Waals surface area contributed by atoms with Crippen LogP contribution in [0.3, 0.4) is 0 Å². The lowest BCUT2D eigenvalue weighted by Gasteiger charge is -2.22. The molecule has 35 heavy (non-hydrogen) atoms. The van der Waals surface area contributed by atoms with Crippen molar-refractivity contribution < 1.29 is 27.5 Å². The van der Waals surface area contributed by atoms with E-state index in [2.05, 4.69) is 4.98 Å². The highest BCUT2D eigenvalue weighted by Crippen LogP contribution is 2.50. The van der Waals surface area contributed by atoms with E-state index in [1.165, 1.54) is 29.2 Å². The van der Waals surface area contributed by atoms with Crippen LogP contribution in [0.1, 0.15) is 24.0 Å². The number of thioether (sulfide) groups is 1. The maximum Gasteiger partial charge on any atom is 0.446 e. The SMILES string of the molecule is O=C1N(c2ccc(SC(F)(F)F)cc2)C(=O)C2(CC2)N1Cc1ccncc1OCc1ccccc1. The van der Waals surface area contributed by atoms with Gasteiger partial charge in [-0.2, -0.15) is 13.2 Å². The number of rotatable bonds is 7. The molecule has 0 atom stereocenters. The summed E-state index contributed by atoms with van der Waals surface area (Å²) in [6, 6.07) is 16.1. The molecular formula is C25H20F3N3O3S. The Morgan fingerprint density at radius 2 is 1.71 bits per heavy atom. The number of amides is 3. The summed E-state index contributed by atoms with van der Waals surface area (Å²) in [7, 11) is 0. The third kappa shape index (κ3) is 4.70. The largest absolute Gasteiger partial charge is 0.487 e. The van der Waals surface area contributed by atoms with Gasteiger partial charge in [-0.05, 0) is 60.5 Å². The number of urea groups is 1. The van der Waals surface area contributed by atoms with Gasteiger partial charge in [-0.25, -0.2) is 9.69 Å². The lowest BCUT2D eigenvalue weighted by molar-refractivity contribution is -0.120. The van der Waals surface area contributed by atoms with Gasteiger partial charge >= 0.3 is 11.5 Å². The Hall–Kier alpha value is -3.53. The molecule has 1 aromatic heterocycles. The zero-order valence-corrected chi connectivity index (χ0v) is 19.2. The summed E-state index contributed by atoms with van der Waals surface area (Å²) in [6.45, 7) is 0.474. The highest BCUT2D eigenvalue weighted by molar-refractivity contribution is 8.00. The predicted octanol–water partition coefficient (Wildman–Crippen LogP) is 5.77. The Morgan fingerprint density at radius 1 is 1.00 bits per heavy atom. The maximum absolute atomic E-state index is 13.4. The van der Waals surface area contributed by atoms with Gasteiger partial charge in [-0.15, -0.1) is 0 Å². The number of hydrogen-bond acceptors (Lipinski definition) is 5. The van der Waals surface area contributed by atoms with E-state index in [1.54, 1.807) is 18.5 Å². The molecule has 3 amide bonds. The highest BCUT2D eigenvalue weighted by Gasteiger charge is 2.65. The Kier molecular flexibility index (Phi) is 5.92. The van der Waals surface area contributed by atoms with Crippen molar-refractivity contribution >= 4 is 29.4 Å². The second-order valence-electron chi connectivity index (χ2n) is 8.34. The number of nitrogens with zero attached hydrogens (tertiary/aromatic N) is 3. The number of benzene rings is 2. The van der Waals surface area contributed by atoms with Gasteiger partial charge in [-0.3, -0.25) is 9.78 Å². The van der Waals surface area contributed by atoms with E-state index < -0.39 is 17.1 Å². The molecule has 1 aliphatic heterocycles. The van der Waals surface area contributed by atoms with Crippen LogP contribution < -0.4 is 9.64 Å². The number of carbonyl (C=O) groups excluding carboxylic acids is 2. The van der Waals surface area contributed by atoms with E-state index in [0.29, 0.717) is 30.8 Å². The molecule has 2 heterocycles. The van der Waals surface area contributed by atoms with Crippen LogP contribution in [-0.4, -0.2) is 32.9 Å². The molecule has 1 aliphatic carbocycles. The molecule has 2 aromatic carbocycles. The van der Waals surface area contributed by atoms with Crippen molar-refractivity contribution in [2.45, 2.75) is 41.9 Å². The molecule has 0 bridgehead atoms. The van der Waals surface area contributed by atoms with E-state index in [4.69, 9.17) is 4.74 Å². The van der Waals surface area contributed by atoms with Crippen LogP contribution in [-0.2, 0) is 17.9 Å². The number of alkyl halides is 3. The first kappa shape index (κ1) is 23.2. The molecule has 180 valence electrons. The van der Waals surface area contributed by atoms with Gasteiger partial charge in [-0.1, -0.05) is 30.3 Å². The summed E-state index contributed by atoms with van der Waals surface area (Å²) >= 11 is -0.246. The Balaban J connectivity index is 1.35. The lowest BCUT2D eigenvalue weighted by atomic mass is 10.1. The monoisotopic (exact) mass is 499 g/mol. The van der Waals surface area contributed by atoms with Crippen LogP contribution in [0.5, 0.6) is 5.75 Å². The molecule has 0 radical (unpaired) electrons. The lowest BCUT2D eigenvalue weighted by Crippen LogP contribution is -2.36. The van der Waals surface area contributed by atoms with Crippen molar-refractivity contribution in [2.24, 2.45) is 0 Å². The van der Waals surface area contributed by atoms with Crippen LogP contribution in [0.15, 0.2) is 78.0 Å². The average Bonchev–Trinajstić information content (AvgIpc) is 3.61. The topological polar surface area (TPSA) is 62.7 Å². The van der Waals surface area contributed by atoms with Crippen LogP contribution >= 0.6 is 11.8 Å². The van der Waals surface area contributed by atoms with Crippen molar-refractivity contribution in [3.63, 3.8) is 0 Å². The normalized spacial score (nSPS) is 16.8. The summed E-state index contributed by atoms with van der Waals surface area (Å²) in [4.78, 5) is 33.3. The van der Waals surface area contributed by atoms with E-state index in [9.17, 15) is 22.8 Å². The third-order valence-electron chi connectivity index (χ3n) is 6.03. The number of ether oxygens (including phenoxy) is 1. The summed E-state index contributed by atoms with van der Waals surface area (Å²) in [5.41, 5.74) is -3.42. The minimum absolute atomic E-state index is 0.0182. The number of pyridine rings is 1. The Morgan fingerprint density at radius 3 is 2.37 bits per heavy atom. The quantitative estimate of drug-likeness (QED) is 0.305. The molecule has 2 aliphatic rings. The maximum atomic E-state index is 13.4. The smallest absolute Gasteiger partial charge is 0.446 e. The first-order valence-corrected chi connectivity index (χ1v) is 11.7. The van der Waals surface area contributed by atoms with Crippen molar-refractivity contribution in [2.75, 3.05) is 4.90 Å². The van der Waals surface area contributed by atoms with E-state index in [-0.39, 0.29) is 34.8 Å². The molecule has 0 unspecified atom stereocenters. The van der Waals surface area contributed by atoms with Crippen LogP contribution in [0.4, 0.5) is 23.7 Å². The summed E-state index contributed by atoms with van der Waals surface area (Å²) in [5.74, 6) is 0.152. The van der Waals surface area contributed by atoms with Gasteiger partial charge in [0, 0.05) is 16.7 Å². The summed E-state index contributed by atoms with van der Waals surface area (Å²) < 4.78 is 43.9. The Labute approximate surface area is 203 Å². The fourth-order valence-electron chi connectivity index (χ4n) is 4.13. The van der Waals surface area contributed by atoms with E-state index in [1.807, 2.05) is 30.3 Å². The van der Waals surface area contributed by atoms with Gasteiger partial charge in [0.2, 0.25) is 0 Å². The van der Waals surface area contributed by atoms with Crippen LogP contribution in [0.25, 0.3) is 0 Å². The van der Waals surface area contributed by atoms with Gasteiger partial charge < -0.3 is 9.64 Å². The van der Waals surface area contributed by atoms with Crippen LogP contribution in [0.2, 0.25) is 0 Å².